The van der Waals surface area contributed by atoms with Crippen LogP contribution in [0.3, 0.4) is 0 Å². The van der Waals surface area contributed by atoms with Crippen LogP contribution in [0.15, 0.2) is 97.1 Å². The van der Waals surface area contributed by atoms with E-state index in [4.69, 9.17) is 14.8 Å². The quantitative estimate of drug-likeness (QED) is 0.325. The zero-order chi connectivity index (χ0) is 25.9. The van der Waals surface area contributed by atoms with Crippen molar-refractivity contribution < 1.29 is 9.53 Å². The van der Waals surface area contributed by atoms with E-state index in [-0.39, 0.29) is 5.91 Å². The first-order chi connectivity index (χ1) is 18.7. The van der Waals surface area contributed by atoms with E-state index in [0.29, 0.717) is 24.4 Å². The molecule has 190 valence electrons. The number of fused-ring (bicyclic) bond motifs is 1. The van der Waals surface area contributed by atoms with Crippen molar-refractivity contribution in [1.29, 1.82) is 0 Å². The van der Waals surface area contributed by atoms with Crippen LogP contribution in [0.5, 0.6) is 5.75 Å². The van der Waals surface area contributed by atoms with Crippen molar-refractivity contribution >= 4 is 11.6 Å². The highest BCUT2D eigenvalue weighted by molar-refractivity contribution is 5.94. The van der Waals surface area contributed by atoms with Gasteiger partial charge in [-0.15, -0.1) is 0 Å². The molecule has 0 bridgehead atoms. The van der Waals surface area contributed by atoms with Gasteiger partial charge in [-0.3, -0.25) is 9.69 Å². The van der Waals surface area contributed by atoms with E-state index in [9.17, 15) is 4.79 Å². The maximum atomic E-state index is 13.7. The highest BCUT2D eigenvalue weighted by Crippen LogP contribution is 2.28. The Morgan fingerprint density at radius 2 is 1.53 bits per heavy atom. The first-order valence-corrected chi connectivity index (χ1v) is 12.8. The summed E-state index contributed by atoms with van der Waals surface area (Å²) < 4.78 is 7.27. The number of carbonyl (C=O) groups excluding carboxylic acids is 1. The van der Waals surface area contributed by atoms with Gasteiger partial charge in [-0.05, 0) is 23.8 Å². The van der Waals surface area contributed by atoms with Crippen LogP contribution in [0, 0.1) is 0 Å². The molecule has 3 aromatic carbocycles. The minimum atomic E-state index is -0.0570. The van der Waals surface area contributed by atoms with Crippen molar-refractivity contribution in [3.05, 3.63) is 108 Å². The van der Waals surface area contributed by atoms with Crippen LogP contribution in [0.1, 0.15) is 16.1 Å². The fourth-order valence-corrected chi connectivity index (χ4v) is 4.93. The standard InChI is InChI=1S/C31H29N5O2/c1-38-26-14-8-13-25(19-26)29-20-28(32-30-21-27(33-36(29)30)24-11-6-3-7-12-24)31(37)35-17-15-34(16-18-35)22-23-9-4-2-5-10-23/h2-14,19-21H,15-18,22H2,1H3. The number of methoxy groups -OCH3 is 1. The van der Waals surface area contributed by atoms with Gasteiger partial charge in [-0.2, -0.15) is 5.10 Å². The Hall–Kier alpha value is -4.49. The molecular weight excluding hydrogens is 474 g/mol. The lowest BCUT2D eigenvalue weighted by molar-refractivity contribution is 0.0623. The molecule has 1 aliphatic heterocycles. The molecule has 38 heavy (non-hydrogen) atoms. The van der Waals surface area contributed by atoms with Crippen LogP contribution in [0.2, 0.25) is 0 Å². The second-order valence-electron chi connectivity index (χ2n) is 9.48. The van der Waals surface area contributed by atoms with Crippen molar-refractivity contribution in [2.45, 2.75) is 6.54 Å². The maximum absolute atomic E-state index is 13.7. The summed E-state index contributed by atoms with van der Waals surface area (Å²) in [5.41, 5.74) is 5.85. The summed E-state index contributed by atoms with van der Waals surface area (Å²) in [5.74, 6) is 0.684. The molecule has 3 heterocycles. The Bertz CT molecular complexity index is 1560. The second kappa shape index (κ2) is 10.5. The third-order valence-electron chi connectivity index (χ3n) is 6.99. The van der Waals surface area contributed by atoms with Crippen LogP contribution in [-0.4, -0.2) is 63.6 Å². The van der Waals surface area contributed by atoms with Crippen LogP contribution in [-0.2, 0) is 6.54 Å². The van der Waals surface area contributed by atoms with Crippen molar-refractivity contribution in [2.24, 2.45) is 0 Å². The first kappa shape index (κ1) is 23.9. The number of rotatable bonds is 6. The average molecular weight is 504 g/mol. The van der Waals surface area contributed by atoms with Crippen molar-refractivity contribution in [3.63, 3.8) is 0 Å². The van der Waals surface area contributed by atoms with E-state index in [1.165, 1.54) is 5.56 Å². The summed E-state index contributed by atoms with van der Waals surface area (Å²) in [6.07, 6.45) is 0. The molecule has 0 aliphatic carbocycles. The summed E-state index contributed by atoms with van der Waals surface area (Å²) in [6.45, 7) is 3.89. The zero-order valence-corrected chi connectivity index (χ0v) is 21.3. The van der Waals surface area contributed by atoms with Gasteiger partial charge in [-0.25, -0.2) is 9.50 Å². The Kier molecular flexibility index (Phi) is 6.58. The van der Waals surface area contributed by atoms with Crippen LogP contribution >= 0.6 is 0 Å². The van der Waals surface area contributed by atoms with Gasteiger partial charge in [0.15, 0.2) is 5.65 Å². The minimum absolute atomic E-state index is 0.0570. The fraction of sp³-hybridized carbons (Fsp3) is 0.194. The molecule has 1 fully saturated rings. The van der Waals surface area contributed by atoms with Crippen molar-refractivity contribution in [3.8, 4) is 28.3 Å². The van der Waals surface area contributed by atoms with Crippen molar-refractivity contribution in [2.75, 3.05) is 33.3 Å². The molecule has 7 nitrogen and oxygen atoms in total. The van der Waals surface area contributed by atoms with Gasteiger partial charge >= 0.3 is 0 Å². The summed E-state index contributed by atoms with van der Waals surface area (Å²) in [7, 11) is 1.65. The lowest BCUT2D eigenvalue weighted by Crippen LogP contribution is -2.48. The van der Waals surface area contributed by atoms with E-state index in [1.54, 1.807) is 7.11 Å². The molecule has 1 amide bonds. The van der Waals surface area contributed by atoms with E-state index < -0.39 is 0 Å². The zero-order valence-electron chi connectivity index (χ0n) is 21.3. The molecule has 1 saturated heterocycles. The molecule has 6 rings (SSSR count). The highest BCUT2D eigenvalue weighted by Gasteiger charge is 2.25. The average Bonchev–Trinajstić information content (AvgIpc) is 3.42. The Labute approximate surface area is 221 Å². The number of amides is 1. The molecule has 0 unspecified atom stereocenters. The van der Waals surface area contributed by atoms with Crippen LogP contribution in [0.4, 0.5) is 0 Å². The van der Waals surface area contributed by atoms with Gasteiger partial charge in [0.2, 0.25) is 0 Å². The molecule has 7 heteroatoms. The number of benzene rings is 3. The second-order valence-corrected chi connectivity index (χ2v) is 9.48. The van der Waals surface area contributed by atoms with Gasteiger partial charge in [-0.1, -0.05) is 72.8 Å². The Morgan fingerprint density at radius 1 is 0.816 bits per heavy atom. The molecule has 2 aromatic heterocycles. The normalized spacial score (nSPS) is 14.1. The maximum Gasteiger partial charge on any atom is 0.272 e. The third-order valence-corrected chi connectivity index (χ3v) is 6.99. The summed E-state index contributed by atoms with van der Waals surface area (Å²) in [6, 6.07) is 32.0. The fourth-order valence-electron chi connectivity index (χ4n) is 4.93. The minimum Gasteiger partial charge on any atom is -0.497 e. The van der Waals surface area contributed by atoms with Gasteiger partial charge in [0.1, 0.15) is 11.4 Å². The van der Waals surface area contributed by atoms with E-state index >= 15 is 0 Å². The molecule has 0 saturated carbocycles. The smallest absolute Gasteiger partial charge is 0.272 e. The lowest BCUT2D eigenvalue weighted by Gasteiger charge is -2.34. The third kappa shape index (κ3) is 4.88. The van der Waals surface area contributed by atoms with E-state index in [1.807, 2.05) is 82.2 Å². The van der Waals surface area contributed by atoms with Crippen molar-refractivity contribution in [1.82, 2.24) is 24.4 Å². The number of ether oxygens (including phenoxy) is 1. The number of nitrogens with zero attached hydrogens (tertiary/aromatic N) is 5. The summed E-state index contributed by atoms with van der Waals surface area (Å²) in [5, 5.41) is 4.86. The summed E-state index contributed by atoms with van der Waals surface area (Å²) in [4.78, 5) is 22.8. The topological polar surface area (TPSA) is 63.0 Å². The number of aromatic nitrogens is 3. The largest absolute Gasteiger partial charge is 0.497 e. The highest BCUT2D eigenvalue weighted by atomic mass is 16.5. The van der Waals surface area contributed by atoms with Gasteiger partial charge in [0, 0.05) is 49.9 Å². The number of hydrogen-bond acceptors (Lipinski definition) is 5. The lowest BCUT2D eigenvalue weighted by atomic mass is 10.1. The predicted octanol–water partition coefficient (Wildman–Crippen LogP) is 5.03. The number of carbonyl (C=O) groups is 1. The Morgan fingerprint density at radius 3 is 2.26 bits per heavy atom. The molecule has 5 aromatic rings. The molecular formula is C31H29N5O2. The predicted molar refractivity (Wildman–Crippen MR) is 148 cm³/mol. The number of hydrogen-bond donors (Lipinski definition) is 0. The molecule has 0 radical (unpaired) electrons. The van der Waals surface area contributed by atoms with Crippen LogP contribution < -0.4 is 4.74 Å². The van der Waals surface area contributed by atoms with Gasteiger partial charge in [0.05, 0.1) is 18.5 Å². The van der Waals surface area contributed by atoms with E-state index in [2.05, 4.69) is 29.2 Å². The van der Waals surface area contributed by atoms with Gasteiger partial charge < -0.3 is 9.64 Å². The van der Waals surface area contributed by atoms with Crippen LogP contribution in [0.25, 0.3) is 28.2 Å². The molecule has 0 N–H and O–H groups in total. The van der Waals surface area contributed by atoms with E-state index in [0.717, 1.165) is 47.9 Å². The monoisotopic (exact) mass is 503 g/mol. The first-order valence-electron chi connectivity index (χ1n) is 12.8. The number of piperazine rings is 1. The molecule has 0 atom stereocenters. The van der Waals surface area contributed by atoms with Gasteiger partial charge in [0.25, 0.3) is 5.91 Å². The molecule has 1 aliphatic rings. The Balaban J connectivity index is 1.31. The summed E-state index contributed by atoms with van der Waals surface area (Å²) >= 11 is 0. The molecule has 0 spiro atoms. The SMILES string of the molecule is COc1cccc(-c2cc(C(=O)N3CCN(Cc4ccccc4)CC3)nc3cc(-c4ccccc4)nn23)c1.